The maximum absolute atomic E-state index is 13.2. The van der Waals surface area contributed by atoms with Gasteiger partial charge in [0.15, 0.2) is 11.6 Å². The normalized spacial score (nSPS) is 16.8. The summed E-state index contributed by atoms with van der Waals surface area (Å²) in [5.41, 5.74) is 5.25. The highest BCUT2D eigenvalue weighted by molar-refractivity contribution is 6.34. The summed E-state index contributed by atoms with van der Waals surface area (Å²) < 4.78 is 0. The van der Waals surface area contributed by atoms with E-state index in [-0.39, 0.29) is 46.9 Å². The topological polar surface area (TPSA) is 158 Å². The summed E-state index contributed by atoms with van der Waals surface area (Å²) in [6.07, 6.45) is 3.01. The monoisotopic (exact) mass is 582 g/mol. The zero-order valence-corrected chi connectivity index (χ0v) is 22.9. The number of anilines is 2. The van der Waals surface area contributed by atoms with Gasteiger partial charge in [-0.25, -0.2) is 9.59 Å². The summed E-state index contributed by atoms with van der Waals surface area (Å²) in [5.74, 6) is -2.69. The summed E-state index contributed by atoms with van der Waals surface area (Å²) >= 11 is 0. The van der Waals surface area contributed by atoms with Crippen LogP contribution in [0.1, 0.15) is 33.6 Å². The van der Waals surface area contributed by atoms with E-state index in [1.165, 1.54) is 12.2 Å². The number of carboxylic acid groups (broad SMARTS) is 2. The van der Waals surface area contributed by atoms with Crippen molar-refractivity contribution in [2.24, 2.45) is 9.98 Å². The highest BCUT2D eigenvalue weighted by Gasteiger charge is 2.33. The van der Waals surface area contributed by atoms with Crippen LogP contribution in [0.25, 0.3) is 0 Å². The van der Waals surface area contributed by atoms with Gasteiger partial charge in [0.05, 0.1) is 45.3 Å². The van der Waals surface area contributed by atoms with Crippen molar-refractivity contribution in [3.8, 4) is 0 Å². The van der Waals surface area contributed by atoms with Gasteiger partial charge in [0.1, 0.15) is 0 Å². The van der Waals surface area contributed by atoms with Crippen molar-refractivity contribution in [3.63, 3.8) is 0 Å². The molecule has 0 radical (unpaired) electrons. The second-order valence-corrected chi connectivity index (χ2v) is 10.5. The van der Waals surface area contributed by atoms with Gasteiger partial charge in [0, 0.05) is 46.5 Å². The number of carboxylic acids is 2. The fraction of sp³-hybridized carbons (Fsp3) is 0.0588. The second kappa shape index (κ2) is 10.3. The van der Waals surface area contributed by atoms with Crippen molar-refractivity contribution in [2.75, 3.05) is 10.6 Å². The van der Waals surface area contributed by atoms with Gasteiger partial charge in [-0.2, -0.15) is 0 Å². The molecular weight excluding hydrogens is 560 g/mol. The number of fused-ring (bicyclic) bond motifs is 4. The third-order valence-corrected chi connectivity index (χ3v) is 7.79. The lowest BCUT2D eigenvalue weighted by Gasteiger charge is -2.24. The van der Waals surface area contributed by atoms with Gasteiger partial charge in [-0.1, -0.05) is 24.3 Å². The number of nitrogens with one attached hydrogen (secondary N) is 2. The summed E-state index contributed by atoms with van der Waals surface area (Å²) in [6.45, 7) is 0. The molecule has 3 aromatic rings. The Labute approximate surface area is 250 Å². The van der Waals surface area contributed by atoms with Crippen LogP contribution in [-0.2, 0) is 9.59 Å². The van der Waals surface area contributed by atoms with Gasteiger partial charge in [0.25, 0.3) is 0 Å². The number of hydrogen-bond acceptors (Lipinski definition) is 8. The molecule has 44 heavy (non-hydrogen) atoms. The summed E-state index contributed by atoms with van der Waals surface area (Å²) in [7, 11) is 0. The van der Waals surface area contributed by atoms with E-state index >= 15 is 0 Å². The van der Waals surface area contributed by atoms with E-state index in [4.69, 9.17) is 0 Å². The first-order valence-electron chi connectivity index (χ1n) is 13.7. The Hall–Kier alpha value is -6.16. The van der Waals surface area contributed by atoms with Crippen LogP contribution in [0.15, 0.2) is 129 Å². The molecule has 0 unspecified atom stereocenters. The molecule has 0 bridgehead atoms. The SMILES string of the molecule is O=C(O)C1=C(Nc2ccc(NC3=C(C(=O)O)CC4=Nc5ccccc5C(=O)C4=C3)cc2)C=C2C(=O)c3ccccc3N=C2C1. The number of Topliss-reactive ketones (excluding diaryl/α,β-unsaturated/α-hetero) is 2. The standard InChI is InChI=1S/C34H22N4O6/c39-31-19-5-1-3-7-25(19)37-27-15-23(33(41)42)29(13-21(27)31)35-17-9-11-18(12-10-17)36-30-14-22-28(16-24(30)34(43)44)38-26-8-4-2-6-20(26)32(22)40/h1-14,35-36H,15-16H2,(H,41,42)(H,43,44). The lowest BCUT2D eigenvalue weighted by atomic mass is 9.86. The molecule has 10 heteroatoms. The maximum Gasteiger partial charge on any atom is 0.334 e. The van der Waals surface area contributed by atoms with Crippen molar-refractivity contribution in [3.05, 3.63) is 130 Å². The predicted molar refractivity (Wildman–Crippen MR) is 164 cm³/mol. The number of rotatable bonds is 6. The van der Waals surface area contributed by atoms with Gasteiger partial charge in [-0.3, -0.25) is 19.6 Å². The van der Waals surface area contributed by atoms with E-state index in [0.717, 1.165) is 0 Å². The number of aliphatic imine (C=N–C) groups is 2. The van der Waals surface area contributed by atoms with Gasteiger partial charge in [-0.15, -0.1) is 0 Å². The first-order chi connectivity index (χ1) is 21.3. The number of aliphatic carboxylic acids is 2. The first kappa shape index (κ1) is 26.7. The quantitative estimate of drug-likeness (QED) is 0.285. The van der Waals surface area contributed by atoms with Crippen LogP contribution in [0.3, 0.4) is 0 Å². The van der Waals surface area contributed by atoms with Crippen LogP contribution in [0.5, 0.6) is 0 Å². The minimum Gasteiger partial charge on any atom is -0.478 e. The van der Waals surface area contributed by atoms with Gasteiger partial charge in [-0.05, 0) is 60.7 Å². The predicted octanol–water partition coefficient (Wildman–Crippen LogP) is 5.79. The summed E-state index contributed by atoms with van der Waals surface area (Å²) in [6, 6.07) is 20.7. The number of carbonyl (C=O) groups excluding carboxylic acids is 2. The molecule has 7 rings (SSSR count). The van der Waals surface area contributed by atoms with Crippen LogP contribution >= 0.6 is 0 Å². The minimum atomic E-state index is -1.13. The van der Waals surface area contributed by atoms with Crippen LogP contribution in [0.4, 0.5) is 22.7 Å². The first-order valence-corrected chi connectivity index (χ1v) is 13.7. The Kier molecular flexibility index (Phi) is 6.24. The molecule has 4 N–H and O–H groups in total. The molecule has 0 atom stereocenters. The van der Waals surface area contributed by atoms with Crippen LogP contribution in [0, 0.1) is 0 Å². The summed E-state index contributed by atoms with van der Waals surface area (Å²) in [5, 5.41) is 26.1. The molecule has 0 aromatic heterocycles. The fourth-order valence-corrected chi connectivity index (χ4v) is 5.60. The molecule has 214 valence electrons. The fourth-order valence-electron chi connectivity index (χ4n) is 5.60. The van der Waals surface area contributed by atoms with E-state index in [1.807, 2.05) is 0 Å². The van der Waals surface area contributed by atoms with Crippen molar-refractivity contribution < 1.29 is 29.4 Å². The third kappa shape index (κ3) is 4.54. The number of benzene rings is 3. The van der Waals surface area contributed by atoms with Gasteiger partial charge >= 0.3 is 11.9 Å². The van der Waals surface area contributed by atoms with Crippen molar-refractivity contribution in [2.45, 2.75) is 12.8 Å². The zero-order valence-electron chi connectivity index (χ0n) is 22.9. The lowest BCUT2D eigenvalue weighted by Crippen LogP contribution is -2.26. The molecule has 4 aliphatic rings. The number of para-hydroxylation sites is 2. The molecule has 0 spiro atoms. The van der Waals surface area contributed by atoms with E-state index in [1.54, 1.807) is 72.8 Å². The Balaban J connectivity index is 1.15. The minimum absolute atomic E-state index is 0.0154. The molecule has 10 nitrogen and oxygen atoms in total. The Morgan fingerprint density at radius 1 is 0.591 bits per heavy atom. The number of carbonyl (C=O) groups is 4. The van der Waals surface area contributed by atoms with Crippen molar-refractivity contribution in [1.82, 2.24) is 0 Å². The highest BCUT2D eigenvalue weighted by atomic mass is 16.4. The second-order valence-electron chi connectivity index (χ2n) is 10.5. The Bertz CT molecular complexity index is 1900. The molecule has 0 saturated heterocycles. The van der Waals surface area contributed by atoms with Crippen LogP contribution in [0.2, 0.25) is 0 Å². The van der Waals surface area contributed by atoms with Crippen molar-refractivity contribution in [1.29, 1.82) is 0 Å². The van der Waals surface area contributed by atoms with E-state index in [2.05, 4.69) is 20.6 Å². The molecule has 3 aromatic carbocycles. The van der Waals surface area contributed by atoms with Gasteiger partial charge in [0.2, 0.25) is 0 Å². The number of nitrogens with zero attached hydrogens (tertiary/aromatic N) is 2. The molecule has 0 saturated carbocycles. The van der Waals surface area contributed by atoms with Crippen LogP contribution < -0.4 is 10.6 Å². The molecule has 2 aliphatic carbocycles. The number of allylic oxidation sites excluding steroid dienone is 4. The molecule has 2 aliphatic heterocycles. The van der Waals surface area contributed by atoms with E-state index in [9.17, 15) is 29.4 Å². The highest BCUT2D eigenvalue weighted by Crippen LogP contribution is 2.36. The van der Waals surface area contributed by atoms with E-state index < -0.39 is 11.9 Å². The maximum atomic E-state index is 13.2. The van der Waals surface area contributed by atoms with Crippen LogP contribution in [-0.4, -0.2) is 45.1 Å². The number of ketones is 2. The van der Waals surface area contributed by atoms with Gasteiger partial charge < -0.3 is 20.8 Å². The number of hydrogen-bond donors (Lipinski definition) is 4. The Morgan fingerprint density at radius 2 is 0.977 bits per heavy atom. The average molecular weight is 583 g/mol. The summed E-state index contributed by atoms with van der Waals surface area (Å²) in [4.78, 5) is 59.7. The molecular formula is C34H22N4O6. The molecule has 2 heterocycles. The van der Waals surface area contributed by atoms with E-state index in [0.29, 0.717) is 56.4 Å². The smallest absolute Gasteiger partial charge is 0.334 e. The molecule has 0 fully saturated rings. The average Bonchev–Trinajstić information content (AvgIpc) is 3.02. The van der Waals surface area contributed by atoms with Crippen molar-refractivity contribution >= 4 is 57.7 Å². The largest absolute Gasteiger partial charge is 0.478 e. The third-order valence-electron chi connectivity index (χ3n) is 7.79. The zero-order chi connectivity index (χ0) is 30.5. The lowest BCUT2D eigenvalue weighted by molar-refractivity contribution is -0.133. The Morgan fingerprint density at radius 3 is 1.36 bits per heavy atom. The molecule has 0 amide bonds.